The van der Waals surface area contributed by atoms with Crippen molar-refractivity contribution >= 4 is 0 Å². The van der Waals surface area contributed by atoms with Crippen molar-refractivity contribution in [2.75, 3.05) is 0 Å². The molecule has 0 amide bonds. The molecule has 0 saturated carbocycles. The average molecular weight is 112 g/mol. The summed E-state index contributed by atoms with van der Waals surface area (Å²) in [5.74, 6) is 0. The molecule has 2 heteroatoms. The van der Waals surface area contributed by atoms with Gasteiger partial charge in [0.05, 0.1) is 0 Å². The zero-order chi connectivity index (χ0) is 5.40. The highest BCUT2D eigenvalue weighted by Gasteiger charge is 2.24. The Balaban J connectivity index is 2.20. The lowest BCUT2D eigenvalue weighted by molar-refractivity contribution is -0.361. The molecular formula is C6H8O2. The highest BCUT2D eigenvalue weighted by Crippen LogP contribution is 2.23. The molecule has 0 N–H and O–H groups in total. The first-order valence-corrected chi connectivity index (χ1v) is 2.95. The van der Waals surface area contributed by atoms with Crippen LogP contribution in [0.15, 0.2) is 12.2 Å². The van der Waals surface area contributed by atoms with E-state index in [1.54, 1.807) is 0 Å². The second-order valence-corrected chi connectivity index (χ2v) is 2.23. The molecule has 0 spiro atoms. The summed E-state index contributed by atoms with van der Waals surface area (Å²) in [5.41, 5.74) is 0. The van der Waals surface area contributed by atoms with Crippen LogP contribution in [0.5, 0.6) is 0 Å². The number of rotatable bonds is 0. The Morgan fingerprint density at radius 1 is 1.00 bits per heavy atom. The third kappa shape index (κ3) is 0.572. The lowest BCUT2D eigenvalue weighted by Crippen LogP contribution is -2.29. The summed E-state index contributed by atoms with van der Waals surface area (Å²) >= 11 is 0. The topological polar surface area (TPSA) is 18.5 Å². The van der Waals surface area contributed by atoms with Crippen LogP contribution < -0.4 is 0 Å². The molecule has 2 bridgehead atoms. The molecule has 2 heterocycles. The van der Waals surface area contributed by atoms with E-state index in [0.29, 0.717) is 0 Å². The molecule has 8 heavy (non-hydrogen) atoms. The van der Waals surface area contributed by atoms with Crippen molar-refractivity contribution < 1.29 is 9.78 Å². The molecule has 0 aromatic carbocycles. The van der Waals surface area contributed by atoms with Gasteiger partial charge >= 0.3 is 0 Å². The maximum Gasteiger partial charge on any atom is 0.111 e. The SMILES string of the molecule is C1=CC2CCC1OO2. The fourth-order valence-corrected chi connectivity index (χ4v) is 1.07. The molecule has 44 valence electrons. The molecule has 1 fully saturated rings. The van der Waals surface area contributed by atoms with E-state index in [-0.39, 0.29) is 12.2 Å². The Kier molecular flexibility index (Phi) is 0.889. The molecule has 1 saturated heterocycles. The van der Waals surface area contributed by atoms with Crippen LogP contribution in [0.1, 0.15) is 12.8 Å². The van der Waals surface area contributed by atoms with Gasteiger partial charge in [-0.05, 0) is 12.8 Å². The monoisotopic (exact) mass is 112 g/mol. The quantitative estimate of drug-likeness (QED) is 0.344. The Labute approximate surface area is 48.0 Å². The lowest BCUT2D eigenvalue weighted by Gasteiger charge is -2.28. The molecule has 2 atom stereocenters. The predicted octanol–water partition coefficient (Wildman–Crippen LogP) is 1.04. The van der Waals surface area contributed by atoms with Gasteiger partial charge in [-0.2, -0.15) is 0 Å². The Morgan fingerprint density at radius 2 is 1.50 bits per heavy atom. The van der Waals surface area contributed by atoms with Gasteiger partial charge in [0.2, 0.25) is 0 Å². The smallest absolute Gasteiger partial charge is 0.111 e. The second kappa shape index (κ2) is 1.57. The fraction of sp³-hybridized carbons (Fsp3) is 0.667. The van der Waals surface area contributed by atoms with Gasteiger partial charge in [-0.3, -0.25) is 0 Å². The van der Waals surface area contributed by atoms with E-state index in [2.05, 4.69) is 12.2 Å². The zero-order valence-corrected chi connectivity index (χ0v) is 4.54. The number of hydrogen-bond acceptors (Lipinski definition) is 2. The normalized spacial score (nSPS) is 43.0. The summed E-state index contributed by atoms with van der Waals surface area (Å²) in [4.78, 5) is 9.78. The number of hydrogen-bond donors (Lipinski definition) is 0. The van der Waals surface area contributed by atoms with E-state index in [4.69, 9.17) is 9.78 Å². The van der Waals surface area contributed by atoms with E-state index in [1.165, 1.54) is 0 Å². The first kappa shape index (κ1) is 4.53. The summed E-state index contributed by atoms with van der Waals surface area (Å²) in [6.45, 7) is 0. The molecule has 1 aliphatic carbocycles. The van der Waals surface area contributed by atoms with Crippen molar-refractivity contribution in [2.24, 2.45) is 0 Å². The standard InChI is InChI=1S/C6H8O2/c1-2-6-4-3-5(1)7-8-6/h1-2,5-6H,3-4H2. The van der Waals surface area contributed by atoms with Gasteiger partial charge in [0.25, 0.3) is 0 Å². The molecule has 3 rings (SSSR count). The fourth-order valence-electron chi connectivity index (χ4n) is 1.07. The minimum absolute atomic E-state index is 0.250. The van der Waals surface area contributed by atoms with Crippen molar-refractivity contribution in [3.05, 3.63) is 12.2 Å². The Hall–Kier alpha value is -0.340. The molecule has 0 aromatic heterocycles. The average Bonchev–Trinajstić information content (AvgIpc) is 1.92. The van der Waals surface area contributed by atoms with Gasteiger partial charge in [0.1, 0.15) is 12.2 Å². The summed E-state index contributed by atoms with van der Waals surface area (Å²) in [6.07, 6.45) is 6.89. The summed E-state index contributed by atoms with van der Waals surface area (Å²) in [5, 5.41) is 0. The molecular weight excluding hydrogens is 104 g/mol. The molecule has 2 nitrogen and oxygen atoms in total. The summed E-state index contributed by atoms with van der Waals surface area (Å²) < 4.78 is 0. The predicted molar refractivity (Wildman–Crippen MR) is 28.1 cm³/mol. The van der Waals surface area contributed by atoms with Crippen LogP contribution in [0, 0.1) is 0 Å². The molecule has 2 aliphatic heterocycles. The van der Waals surface area contributed by atoms with Crippen LogP contribution in [0.4, 0.5) is 0 Å². The molecule has 0 aromatic rings. The van der Waals surface area contributed by atoms with Gasteiger partial charge in [-0.25, -0.2) is 9.78 Å². The van der Waals surface area contributed by atoms with Gasteiger partial charge in [0, 0.05) is 0 Å². The van der Waals surface area contributed by atoms with Gasteiger partial charge < -0.3 is 0 Å². The van der Waals surface area contributed by atoms with Crippen molar-refractivity contribution in [1.29, 1.82) is 0 Å². The zero-order valence-electron chi connectivity index (χ0n) is 4.54. The van der Waals surface area contributed by atoms with Crippen LogP contribution in [-0.2, 0) is 9.78 Å². The largest absolute Gasteiger partial charge is 0.229 e. The third-order valence-electron chi connectivity index (χ3n) is 1.58. The van der Waals surface area contributed by atoms with E-state index in [0.717, 1.165) is 12.8 Å². The molecule has 0 radical (unpaired) electrons. The van der Waals surface area contributed by atoms with Crippen LogP contribution in [0.2, 0.25) is 0 Å². The molecule has 2 unspecified atom stereocenters. The van der Waals surface area contributed by atoms with Crippen molar-refractivity contribution in [3.8, 4) is 0 Å². The molecule has 3 aliphatic rings. The number of fused-ring (bicyclic) bond motifs is 2. The first-order chi connectivity index (χ1) is 3.95. The van der Waals surface area contributed by atoms with Crippen LogP contribution >= 0.6 is 0 Å². The lowest BCUT2D eigenvalue weighted by atomic mass is 10.0. The van der Waals surface area contributed by atoms with Crippen molar-refractivity contribution in [2.45, 2.75) is 25.0 Å². The minimum Gasteiger partial charge on any atom is -0.229 e. The third-order valence-corrected chi connectivity index (χ3v) is 1.58. The van der Waals surface area contributed by atoms with E-state index in [1.807, 2.05) is 0 Å². The van der Waals surface area contributed by atoms with Crippen molar-refractivity contribution in [3.63, 3.8) is 0 Å². The summed E-state index contributed by atoms with van der Waals surface area (Å²) in [7, 11) is 0. The van der Waals surface area contributed by atoms with E-state index < -0.39 is 0 Å². The Morgan fingerprint density at radius 3 is 1.62 bits per heavy atom. The Bertz CT molecular complexity index is 97.7. The van der Waals surface area contributed by atoms with E-state index >= 15 is 0 Å². The van der Waals surface area contributed by atoms with Gasteiger partial charge in [0.15, 0.2) is 0 Å². The minimum atomic E-state index is 0.250. The van der Waals surface area contributed by atoms with E-state index in [9.17, 15) is 0 Å². The van der Waals surface area contributed by atoms with Crippen LogP contribution in [0.3, 0.4) is 0 Å². The highest BCUT2D eigenvalue weighted by molar-refractivity contribution is 5.01. The summed E-state index contributed by atoms with van der Waals surface area (Å²) in [6, 6.07) is 0. The van der Waals surface area contributed by atoms with Crippen LogP contribution in [0.25, 0.3) is 0 Å². The maximum absolute atomic E-state index is 4.89. The first-order valence-electron chi connectivity index (χ1n) is 2.95. The second-order valence-electron chi connectivity index (χ2n) is 2.23. The van der Waals surface area contributed by atoms with Gasteiger partial charge in [-0.1, -0.05) is 12.2 Å². The maximum atomic E-state index is 4.89. The van der Waals surface area contributed by atoms with Crippen LogP contribution in [-0.4, -0.2) is 12.2 Å². The van der Waals surface area contributed by atoms with Crippen molar-refractivity contribution in [1.82, 2.24) is 0 Å². The highest BCUT2D eigenvalue weighted by atomic mass is 17.2. The van der Waals surface area contributed by atoms with Gasteiger partial charge in [-0.15, -0.1) is 0 Å².